The fourth-order valence-corrected chi connectivity index (χ4v) is 1.92. The van der Waals surface area contributed by atoms with E-state index in [1.807, 2.05) is 0 Å². The number of hydrogen-bond acceptors (Lipinski definition) is 2. The van der Waals surface area contributed by atoms with Gasteiger partial charge in [-0.2, -0.15) is 13.2 Å². The number of carboxylic acids is 1. The first kappa shape index (κ1) is 14.0. The number of hydrogen-bond donors (Lipinski definition) is 1. The number of aromatic nitrogens is 1. The van der Waals surface area contributed by atoms with Crippen molar-refractivity contribution in [2.75, 3.05) is 0 Å². The zero-order valence-corrected chi connectivity index (χ0v) is 10.4. The molecule has 0 amide bonds. The molecule has 0 radical (unpaired) electrons. The van der Waals surface area contributed by atoms with Gasteiger partial charge in [0.1, 0.15) is 0 Å². The Bertz CT molecular complexity index is 666. The van der Waals surface area contributed by atoms with E-state index in [9.17, 15) is 18.0 Å². The Hall–Kier alpha value is -2.37. The fourth-order valence-electron chi connectivity index (χ4n) is 1.92. The van der Waals surface area contributed by atoms with Crippen molar-refractivity contribution in [1.29, 1.82) is 0 Å². The van der Waals surface area contributed by atoms with Gasteiger partial charge < -0.3 is 5.11 Å². The van der Waals surface area contributed by atoms with Gasteiger partial charge in [0, 0.05) is 18.0 Å². The minimum Gasteiger partial charge on any atom is -0.478 e. The highest BCUT2D eigenvalue weighted by atomic mass is 19.4. The number of halogens is 3. The lowest BCUT2D eigenvalue weighted by Crippen LogP contribution is -2.09. The third kappa shape index (κ3) is 2.64. The summed E-state index contributed by atoms with van der Waals surface area (Å²) in [6, 6.07) is 5.08. The Labute approximate surface area is 112 Å². The van der Waals surface area contributed by atoms with E-state index in [2.05, 4.69) is 4.98 Å². The van der Waals surface area contributed by atoms with E-state index in [-0.39, 0.29) is 16.7 Å². The van der Waals surface area contributed by atoms with E-state index in [1.54, 1.807) is 6.92 Å². The van der Waals surface area contributed by atoms with Gasteiger partial charge in [-0.1, -0.05) is 17.7 Å². The number of rotatable bonds is 2. The van der Waals surface area contributed by atoms with Crippen LogP contribution in [0, 0.1) is 6.92 Å². The molecular formula is C14H10F3NO2. The van der Waals surface area contributed by atoms with Crippen LogP contribution < -0.4 is 0 Å². The number of carbonyl (C=O) groups is 1. The van der Waals surface area contributed by atoms with E-state index in [4.69, 9.17) is 5.11 Å². The number of alkyl halides is 3. The lowest BCUT2D eigenvalue weighted by atomic mass is 9.95. The van der Waals surface area contributed by atoms with Gasteiger partial charge in [-0.25, -0.2) is 4.79 Å². The molecule has 0 unspecified atom stereocenters. The van der Waals surface area contributed by atoms with Gasteiger partial charge in [0.05, 0.1) is 11.1 Å². The molecule has 3 nitrogen and oxygen atoms in total. The van der Waals surface area contributed by atoms with Crippen molar-refractivity contribution >= 4 is 5.97 Å². The number of benzene rings is 1. The smallest absolute Gasteiger partial charge is 0.417 e. The van der Waals surface area contributed by atoms with Crippen LogP contribution >= 0.6 is 0 Å². The Morgan fingerprint density at radius 1 is 1.20 bits per heavy atom. The molecule has 0 spiro atoms. The van der Waals surface area contributed by atoms with E-state index >= 15 is 0 Å². The summed E-state index contributed by atoms with van der Waals surface area (Å²) in [5.74, 6) is -1.28. The van der Waals surface area contributed by atoms with Gasteiger partial charge in [0.25, 0.3) is 0 Å². The van der Waals surface area contributed by atoms with E-state index in [0.29, 0.717) is 5.56 Å². The van der Waals surface area contributed by atoms with E-state index < -0.39 is 17.7 Å². The standard InChI is InChI=1S/C14H10F3NO2/c1-8-2-3-9(13(19)20)10(6-8)11-7-18-5-4-12(11)14(15,16)17/h2-7H,1H3,(H,19,20). The molecule has 0 atom stereocenters. The second kappa shape index (κ2) is 4.96. The molecule has 1 aromatic carbocycles. The molecule has 2 rings (SSSR count). The maximum atomic E-state index is 13.0. The van der Waals surface area contributed by atoms with Crippen LogP contribution in [0.25, 0.3) is 11.1 Å². The summed E-state index contributed by atoms with van der Waals surface area (Å²) in [5.41, 5.74) is -0.643. The van der Waals surface area contributed by atoms with Gasteiger partial charge >= 0.3 is 12.1 Å². The number of nitrogens with zero attached hydrogens (tertiary/aromatic N) is 1. The SMILES string of the molecule is Cc1ccc(C(=O)O)c(-c2cnccc2C(F)(F)F)c1. The van der Waals surface area contributed by atoms with Gasteiger partial charge in [0.15, 0.2) is 0 Å². The maximum absolute atomic E-state index is 13.0. The van der Waals surface area contributed by atoms with Crippen LogP contribution in [0.4, 0.5) is 13.2 Å². The van der Waals surface area contributed by atoms with Gasteiger partial charge in [-0.05, 0) is 24.6 Å². The topological polar surface area (TPSA) is 50.2 Å². The van der Waals surface area contributed by atoms with Gasteiger partial charge in [-0.15, -0.1) is 0 Å². The predicted molar refractivity (Wildman–Crippen MR) is 66.4 cm³/mol. The van der Waals surface area contributed by atoms with Crippen LogP contribution in [0.2, 0.25) is 0 Å². The molecule has 0 fully saturated rings. The monoisotopic (exact) mass is 281 g/mol. The molecule has 1 N–H and O–H groups in total. The number of aromatic carboxylic acids is 1. The molecule has 2 aromatic rings. The van der Waals surface area contributed by atoms with Crippen LogP contribution in [0.1, 0.15) is 21.5 Å². The molecular weight excluding hydrogens is 271 g/mol. The third-order valence-corrected chi connectivity index (χ3v) is 2.82. The van der Waals surface area contributed by atoms with Crippen LogP contribution in [0.5, 0.6) is 0 Å². The van der Waals surface area contributed by atoms with Gasteiger partial charge in [0.2, 0.25) is 0 Å². The highest BCUT2D eigenvalue weighted by Gasteiger charge is 2.34. The highest BCUT2D eigenvalue weighted by Crippen LogP contribution is 2.37. The Balaban J connectivity index is 2.75. The van der Waals surface area contributed by atoms with Gasteiger partial charge in [-0.3, -0.25) is 4.98 Å². The largest absolute Gasteiger partial charge is 0.478 e. The van der Waals surface area contributed by atoms with Crippen molar-refractivity contribution in [3.05, 3.63) is 53.3 Å². The quantitative estimate of drug-likeness (QED) is 0.911. The molecule has 1 aromatic heterocycles. The summed E-state index contributed by atoms with van der Waals surface area (Å²) in [6.45, 7) is 1.68. The third-order valence-electron chi connectivity index (χ3n) is 2.82. The van der Waals surface area contributed by atoms with Crippen molar-refractivity contribution in [3.63, 3.8) is 0 Å². The van der Waals surface area contributed by atoms with Crippen LogP contribution in [0.3, 0.4) is 0 Å². The Morgan fingerprint density at radius 3 is 2.50 bits per heavy atom. The van der Waals surface area contributed by atoms with Crippen molar-refractivity contribution in [3.8, 4) is 11.1 Å². The summed E-state index contributed by atoms with van der Waals surface area (Å²) < 4.78 is 39.0. The molecule has 6 heteroatoms. The highest BCUT2D eigenvalue weighted by molar-refractivity contribution is 5.96. The van der Waals surface area contributed by atoms with Crippen molar-refractivity contribution in [1.82, 2.24) is 4.98 Å². The minimum atomic E-state index is -4.57. The summed E-state index contributed by atoms with van der Waals surface area (Å²) in [4.78, 5) is 14.8. The van der Waals surface area contributed by atoms with Crippen molar-refractivity contribution in [2.24, 2.45) is 0 Å². The Kier molecular flexibility index (Phi) is 3.48. The summed E-state index contributed by atoms with van der Waals surface area (Å²) in [7, 11) is 0. The fraction of sp³-hybridized carbons (Fsp3) is 0.143. The first-order chi connectivity index (χ1) is 9.30. The van der Waals surface area contributed by atoms with E-state index in [0.717, 1.165) is 18.5 Å². The zero-order chi connectivity index (χ0) is 14.9. The lowest BCUT2D eigenvalue weighted by Gasteiger charge is -2.14. The molecule has 1 heterocycles. The molecule has 0 aliphatic heterocycles. The molecule has 0 saturated heterocycles. The molecule has 0 bridgehead atoms. The zero-order valence-electron chi connectivity index (χ0n) is 10.4. The number of carboxylic acid groups (broad SMARTS) is 1. The number of pyridine rings is 1. The molecule has 20 heavy (non-hydrogen) atoms. The summed E-state index contributed by atoms with van der Waals surface area (Å²) in [5, 5.41) is 9.11. The lowest BCUT2D eigenvalue weighted by molar-refractivity contribution is -0.137. The van der Waals surface area contributed by atoms with Crippen LogP contribution in [-0.4, -0.2) is 16.1 Å². The minimum absolute atomic E-state index is 0.0120. The normalized spacial score (nSPS) is 11.4. The molecule has 104 valence electrons. The van der Waals surface area contributed by atoms with Crippen LogP contribution in [-0.2, 0) is 6.18 Å². The average Bonchev–Trinajstić information content (AvgIpc) is 2.37. The molecule has 0 aliphatic carbocycles. The average molecular weight is 281 g/mol. The van der Waals surface area contributed by atoms with Crippen molar-refractivity contribution < 1.29 is 23.1 Å². The Morgan fingerprint density at radius 2 is 1.90 bits per heavy atom. The predicted octanol–water partition coefficient (Wildman–Crippen LogP) is 3.77. The number of aryl methyl sites for hydroxylation is 1. The van der Waals surface area contributed by atoms with E-state index in [1.165, 1.54) is 18.2 Å². The first-order valence-corrected chi connectivity index (χ1v) is 5.66. The summed E-state index contributed by atoms with van der Waals surface area (Å²) in [6.07, 6.45) is -2.51. The molecule has 0 saturated carbocycles. The summed E-state index contributed by atoms with van der Waals surface area (Å²) >= 11 is 0. The van der Waals surface area contributed by atoms with Crippen LogP contribution in [0.15, 0.2) is 36.7 Å². The molecule has 0 aliphatic rings. The first-order valence-electron chi connectivity index (χ1n) is 5.66. The second-order valence-corrected chi connectivity index (χ2v) is 4.27. The second-order valence-electron chi connectivity index (χ2n) is 4.27. The van der Waals surface area contributed by atoms with Crippen molar-refractivity contribution in [2.45, 2.75) is 13.1 Å². The maximum Gasteiger partial charge on any atom is 0.417 e.